The van der Waals surface area contributed by atoms with Crippen LogP contribution in [0.5, 0.6) is 5.75 Å². The van der Waals surface area contributed by atoms with Crippen LogP contribution >= 0.6 is 0 Å². The Bertz CT molecular complexity index is 583. The summed E-state index contributed by atoms with van der Waals surface area (Å²) in [5, 5.41) is 9.40. The van der Waals surface area contributed by atoms with E-state index < -0.39 is 12.5 Å². The Morgan fingerprint density at radius 2 is 1.79 bits per heavy atom. The summed E-state index contributed by atoms with van der Waals surface area (Å²) in [5.74, 6) is 0.691. The van der Waals surface area contributed by atoms with Crippen LogP contribution in [-0.2, 0) is 0 Å². The van der Waals surface area contributed by atoms with Crippen molar-refractivity contribution in [2.75, 3.05) is 7.11 Å². The monoisotopic (exact) mass is 265 g/mol. The van der Waals surface area contributed by atoms with Gasteiger partial charge in [0.05, 0.1) is 8.48 Å². The maximum absolute atomic E-state index is 12.6. The molecule has 100 valence electrons. The van der Waals surface area contributed by atoms with Crippen molar-refractivity contribution >= 4 is 0 Å². The van der Waals surface area contributed by atoms with Gasteiger partial charge < -0.3 is 9.84 Å². The summed E-state index contributed by atoms with van der Waals surface area (Å²) >= 11 is 0. The van der Waals surface area contributed by atoms with Gasteiger partial charge in [0.25, 0.3) is 6.43 Å². The van der Waals surface area contributed by atoms with Crippen LogP contribution in [-0.4, -0.2) is 18.6 Å². The molecule has 1 N–H and O–H groups in total. The molecule has 0 aliphatic heterocycles. The Labute approximate surface area is 111 Å². The van der Waals surface area contributed by atoms with Gasteiger partial charge in [0.15, 0.2) is 0 Å². The van der Waals surface area contributed by atoms with E-state index in [2.05, 4.69) is 0 Å². The highest BCUT2D eigenvalue weighted by Crippen LogP contribution is 2.26. The van der Waals surface area contributed by atoms with Crippen LogP contribution < -0.4 is 4.74 Å². The molecule has 0 fully saturated rings. The third-order valence-electron chi connectivity index (χ3n) is 2.79. The molecular weight excluding hydrogens is 250 g/mol. The van der Waals surface area contributed by atoms with Crippen LogP contribution in [0.15, 0.2) is 48.5 Å². The maximum Gasteiger partial charge on any atom is 0.268 e. The van der Waals surface area contributed by atoms with Crippen LogP contribution in [0.25, 0.3) is 11.1 Å². The van der Waals surface area contributed by atoms with Gasteiger partial charge in [-0.1, -0.05) is 36.4 Å². The lowest BCUT2D eigenvalue weighted by molar-refractivity contribution is -0.00577. The molecule has 0 aliphatic carbocycles. The highest BCUT2D eigenvalue weighted by Gasteiger charge is 2.18. The number of hydrogen-bond donors (Lipinski definition) is 1. The van der Waals surface area contributed by atoms with Gasteiger partial charge in [-0.05, 0) is 28.8 Å². The molecule has 0 bridgehead atoms. The number of alkyl halides is 2. The zero-order valence-corrected chi connectivity index (χ0v) is 10.3. The lowest BCUT2D eigenvalue weighted by Gasteiger charge is -2.10. The van der Waals surface area contributed by atoms with Crippen molar-refractivity contribution in [1.82, 2.24) is 0 Å². The molecule has 2 aromatic carbocycles. The van der Waals surface area contributed by atoms with E-state index in [9.17, 15) is 13.9 Å². The van der Waals surface area contributed by atoms with E-state index in [-0.39, 0.29) is 5.56 Å². The molecule has 0 saturated heterocycles. The highest BCUT2D eigenvalue weighted by atomic mass is 19.3. The molecule has 0 aliphatic rings. The van der Waals surface area contributed by atoms with Gasteiger partial charge in [0.1, 0.15) is 11.8 Å². The van der Waals surface area contributed by atoms with E-state index in [0.717, 1.165) is 11.1 Å². The summed E-state index contributed by atoms with van der Waals surface area (Å²) in [6.07, 6.45) is -6.04. The van der Waals surface area contributed by atoms with Gasteiger partial charge in [-0.3, -0.25) is 0 Å². The van der Waals surface area contributed by atoms with E-state index in [1.165, 1.54) is 12.1 Å². The average molecular weight is 265 g/mol. The third kappa shape index (κ3) is 3.09. The lowest BCUT2D eigenvalue weighted by atomic mass is 10.0. The van der Waals surface area contributed by atoms with E-state index in [1.54, 1.807) is 25.3 Å². The molecule has 1 unspecified atom stereocenters. The fourth-order valence-corrected chi connectivity index (χ4v) is 1.76. The summed E-state index contributed by atoms with van der Waals surface area (Å²) in [6, 6.07) is 13.1. The standard InChI is InChI=1S/C15H14F2O2/c1-19-13-4-2-3-12(9-13)10-5-7-11(8-6-10)14(18)15(16)17/h2-9,14-15,18H,1H3/i14D. The summed E-state index contributed by atoms with van der Waals surface area (Å²) in [7, 11) is 1.56. The molecule has 4 heteroatoms. The summed E-state index contributed by atoms with van der Waals surface area (Å²) in [5.41, 5.74) is 1.51. The number of ether oxygens (including phenoxy) is 1. The van der Waals surface area contributed by atoms with Crippen molar-refractivity contribution < 1.29 is 20.0 Å². The molecule has 0 radical (unpaired) electrons. The summed E-state index contributed by atoms with van der Waals surface area (Å²) in [4.78, 5) is 0. The highest BCUT2D eigenvalue weighted by molar-refractivity contribution is 5.65. The van der Waals surface area contributed by atoms with Crippen LogP contribution in [0.3, 0.4) is 0 Å². The molecule has 0 heterocycles. The fraction of sp³-hybridized carbons (Fsp3) is 0.200. The average Bonchev–Trinajstić information content (AvgIpc) is 2.47. The van der Waals surface area contributed by atoms with Crippen LogP contribution in [0, 0.1) is 0 Å². The molecule has 2 aromatic rings. The van der Waals surface area contributed by atoms with E-state index in [0.29, 0.717) is 5.75 Å². The van der Waals surface area contributed by atoms with Crippen molar-refractivity contribution in [3.63, 3.8) is 0 Å². The minimum Gasteiger partial charge on any atom is -0.497 e. The molecular formula is C15H14F2O2. The van der Waals surface area contributed by atoms with Crippen LogP contribution in [0.2, 0.25) is 0 Å². The Balaban J connectivity index is 2.32. The van der Waals surface area contributed by atoms with Gasteiger partial charge in [0.2, 0.25) is 0 Å². The second kappa shape index (κ2) is 5.80. The quantitative estimate of drug-likeness (QED) is 0.914. The van der Waals surface area contributed by atoms with E-state index >= 15 is 0 Å². The Morgan fingerprint density at radius 1 is 1.11 bits per heavy atom. The van der Waals surface area contributed by atoms with Gasteiger partial charge >= 0.3 is 0 Å². The van der Waals surface area contributed by atoms with Crippen molar-refractivity contribution in [1.29, 1.82) is 0 Å². The first-order valence-corrected chi connectivity index (χ1v) is 5.70. The smallest absolute Gasteiger partial charge is 0.268 e. The number of methoxy groups -OCH3 is 1. The first-order chi connectivity index (χ1) is 9.45. The number of benzene rings is 2. The first kappa shape index (κ1) is 12.1. The third-order valence-corrected chi connectivity index (χ3v) is 2.79. The van der Waals surface area contributed by atoms with E-state index in [4.69, 9.17) is 6.11 Å². The minimum absolute atomic E-state index is 0.140. The molecule has 2 nitrogen and oxygen atoms in total. The van der Waals surface area contributed by atoms with Gasteiger partial charge in [-0.2, -0.15) is 0 Å². The predicted octanol–water partition coefficient (Wildman–Crippen LogP) is 3.66. The zero-order chi connectivity index (χ0) is 14.8. The van der Waals surface area contributed by atoms with Crippen molar-refractivity contribution in [2.24, 2.45) is 0 Å². The van der Waals surface area contributed by atoms with Gasteiger partial charge in [-0.15, -0.1) is 0 Å². The molecule has 0 amide bonds. The normalized spacial score (nSPS) is 14.9. The van der Waals surface area contributed by atoms with Crippen molar-refractivity contribution in [3.8, 4) is 16.9 Å². The van der Waals surface area contributed by atoms with Gasteiger partial charge in [0, 0.05) is 0 Å². The van der Waals surface area contributed by atoms with Crippen LogP contribution in [0.4, 0.5) is 8.78 Å². The fourth-order valence-electron chi connectivity index (χ4n) is 1.76. The lowest BCUT2D eigenvalue weighted by Crippen LogP contribution is -2.07. The molecule has 0 aromatic heterocycles. The zero-order valence-electron chi connectivity index (χ0n) is 11.3. The Kier molecular flexibility index (Phi) is 3.70. The largest absolute Gasteiger partial charge is 0.497 e. The molecule has 0 spiro atoms. The maximum atomic E-state index is 12.6. The molecule has 2 rings (SSSR count). The number of aliphatic hydroxyl groups is 1. The van der Waals surface area contributed by atoms with Gasteiger partial charge in [-0.25, -0.2) is 8.78 Å². The predicted molar refractivity (Wildman–Crippen MR) is 69.4 cm³/mol. The topological polar surface area (TPSA) is 29.5 Å². The first-order valence-electron chi connectivity index (χ1n) is 6.20. The second-order valence-electron chi connectivity index (χ2n) is 4.00. The van der Waals surface area contributed by atoms with Crippen molar-refractivity contribution in [3.05, 3.63) is 54.1 Å². The minimum atomic E-state index is -3.16. The Hall–Kier alpha value is -1.94. The molecule has 1 atom stereocenters. The number of hydrogen-bond acceptors (Lipinski definition) is 2. The van der Waals surface area contributed by atoms with Crippen molar-refractivity contribution in [2.45, 2.75) is 12.5 Å². The SMILES string of the molecule is [2H]C(O)(c1ccc(-c2cccc(OC)c2)cc1)C(F)F. The second-order valence-corrected chi connectivity index (χ2v) is 4.00. The number of rotatable bonds is 4. The molecule has 0 saturated carbocycles. The van der Waals surface area contributed by atoms with E-state index in [1.807, 2.05) is 18.2 Å². The Morgan fingerprint density at radius 3 is 2.37 bits per heavy atom. The summed E-state index contributed by atoms with van der Waals surface area (Å²) < 4.78 is 37.5. The number of halogens is 2. The summed E-state index contributed by atoms with van der Waals surface area (Å²) in [6.45, 7) is 0. The van der Waals surface area contributed by atoms with Crippen LogP contribution in [0.1, 0.15) is 13.0 Å². The molecule has 19 heavy (non-hydrogen) atoms.